The van der Waals surface area contributed by atoms with Crippen molar-refractivity contribution in [2.45, 2.75) is 85.5 Å². The molecule has 70 heavy (non-hydrogen) atoms. The Morgan fingerprint density at radius 3 is 1.80 bits per heavy atom. The van der Waals surface area contributed by atoms with Crippen LogP contribution in [-0.4, -0.2) is 6.85 Å². The zero-order chi connectivity index (χ0) is 47.7. The lowest BCUT2D eigenvalue weighted by Gasteiger charge is -2.47. The van der Waals surface area contributed by atoms with Crippen molar-refractivity contribution < 1.29 is 0 Å². The minimum absolute atomic E-state index is 0.120. The Hall–Kier alpha value is -7.36. The summed E-state index contributed by atoms with van der Waals surface area (Å²) in [6.07, 6.45) is 6.84. The summed E-state index contributed by atoms with van der Waals surface area (Å²) in [5, 5.41) is 0. The molecule has 2 aliphatic heterocycles. The van der Waals surface area contributed by atoms with Gasteiger partial charge in [-0.15, -0.1) is 0 Å². The lowest BCUT2D eigenvalue weighted by atomic mass is 9.43. The molecule has 0 spiro atoms. The van der Waals surface area contributed by atoms with E-state index in [-0.39, 0.29) is 12.3 Å². The molecule has 0 saturated carbocycles. The van der Waals surface area contributed by atoms with E-state index < -0.39 is 0 Å². The fourth-order valence-corrected chi connectivity index (χ4v) is 12.3. The maximum atomic E-state index is 2.69. The van der Waals surface area contributed by atoms with Crippen LogP contribution in [0.25, 0.3) is 55.6 Å². The van der Waals surface area contributed by atoms with E-state index in [4.69, 9.17) is 0 Å². The highest BCUT2D eigenvalue weighted by Gasteiger charge is 2.48. The number of anilines is 5. The van der Waals surface area contributed by atoms with Crippen molar-refractivity contribution in [3.05, 3.63) is 221 Å². The van der Waals surface area contributed by atoms with Crippen molar-refractivity contribution in [2.75, 3.05) is 9.71 Å². The van der Waals surface area contributed by atoms with E-state index in [0.717, 1.165) is 25.7 Å². The number of hydrogen-bond acceptors (Lipinski definition) is 2. The number of hydrogen-bond donors (Lipinski definition) is 0. The van der Waals surface area contributed by atoms with Crippen molar-refractivity contribution in [2.24, 2.45) is 0 Å². The summed E-state index contributed by atoms with van der Waals surface area (Å²) in [6, 6.07) is 72.4. The lowest BCUT2D eigenvalue weighted by Crippen LogP contribution is -2.61. The number of benzene rings is 9. The smallest absolute Gasteiger partial charge is 0.333 e. The summed E-state index contributed by atoms with van der Waals surface area (Å²) in [5.41, 5.74) is 29.4. The highest BCUT2D eigenvalue weighted by Crippen LogP contribution is 2.55. The number of nitrogens with zero attached hydrogens (tertiary/aromatic N) is 2. The quantitative estimate of drug-likeness (QED) is 0.119. The van der Waals surface area contributed by atoms with E-state index in [1.807, 2.05) is 0 Å². The SMILES string of the molecule is CCCCc1ccc(N2B3c4cc5c(cc4N(c4ccc(CCCC)cc4-c4ccccc4)c4cc(-c6c(C)cccc6C)cc(c43)-c3cc(-c4ccccc4)ccc32)C(C)(C)c2ccccc2-5)cc1. The minimum Gasteiger partial charge on any atom is -0.376 e. The van der Waals surface area contributed by atoms with E-state index in [1.54, 1.807) is 0 Å². The Labute approximate surface area is 416 Å². The van der Waals surface area contributed by atoms with E-state index in [1.165, 1.54) is 141 Å². The molecule has 2 nitrogen and oxygen atoms in total. The molecule has 0 aromatic heterocycles. The van der Waals surface area contributed by atoms with Crippen LogP contribution < -0.4 is 20.6 Å². The van der Waals surface area contributed by atoms with Crippen molar-refractivity contribution in [1.82, 2.24) is 0 Å². The number of unbranched alkanes of at least 4 members (excludes halogenated alkanes) is 2. The second kappa shape index (κ2) is 17.6. The third-order valence-electron chi connectivity index (χ3n) is 15.9. The van der Waals surface area contributed by atoms with Crippen molar-refractivity contribution in [1.29, 1.82) is 0 Å². The molecule has 9 aromatic carbocycles. The van der Waals surface area contributed by atoms with Crippen molar-refractivity contribution >= 4 is 46.2 Å². The Bertz CT molecular complexity index is 3440. The van der Waals surface area contributed by atoms with E-state index in [9.17, 15) is 0 Å². The van der Waals surface area contributed by atoms with Gasteiger partial charge in [-0.05, 0) is 183 Å². The van der Waals surface area contributed by atoms with Crippen LogP contribution in [0.3, 0.4) is 0 Å². The fraction of sp³-hybridized carbons (Fsp3) is 0.194. The molecule has 0 amide bonds. The zero-order valence-electron chi connectivity index (χ0n) is 41.6. The van der Waals surface area contributed by atoms with Crippen LogP contribution in [0, 0.1) is 13.8 Å². The van der Waals surface area contributed by atoms with Gasteiger partial charge in [-0.25, -0.2) is 0 Å². The molecule has 3 aliphatic rings. The molecule has 0 radical (unpaired) electrons. The largest absolute Gasteiger partial charge is 0.376 e. The molecule has 1 aliphatic carbocycles. The molecule has 0 saturated heterocycles. The molecule has 0 atom stereocenters. The first kappa shape index (κ1) is 43.9. The minimum atomic E-state index is -0.189. The summed E-state index contributed by atoms with van der Waals surface area (Å²) in [6.45, 7) is 13.9. The van der Waals surface area contributed by atoms with Gasteiger partial charge in [0.2, 0.25) is 0 Å². The van der Waals surface area contributed by atoms with Crippen molar-refractivity contribution in [3.63, 3.8) is 0 Å². The summed E-state index contributed by atoms with van der Waals surface area (Å²) < 4.78 is 0. The second-order valence-corrected chi connectivity index (χ2v) is 20.6. The van der Waals surface area contributed by atoms with Gasteiger partial charge in [0.25, 0.3) is 0 Å². The van der Waals surface area contributed by atoms with Crippen molar-refractivity contribution in [3.8, 4) is 55.6 Å². The van der Waals surface area contributed by atoms with E-state index in [2.05, 4.69) is 239 Å². The van der Waals surface area contributed by atoms with Crippen LogP contribution in [0.2, 0.25) is 0 Å². The van der Waals surface area contributed by atoms with Gasteiger partial charge in [0.05, 0.1) is 5.69 Å². The Morgan fingerprint density at radius 1 is 0.429 bits per heavy atom. The van der Waals surface area contributed by atoms with Crippen LogP contribution in [0.1, 0.15) is 86.8 Å². The Kier molecular flexibility index (Phi) is 11.0. The van der Waals surface area contributed by atoms with Gasteiger partial charge in [-0.2, -0.15) is 0 Å². The summed E-state index contributed by atoms with van der Waals surface area (Å²) in [7, 11) is 0. The Balaban J connectivity index is 1.23. The molecule has 342 valence electrons. The Morgan fingerprint density at radius 2 is 1.07 bits per heavy atom. The maximum Gasteiger partial charge on any atom is 0.333 e. The lowest BCUT2D eigenvalue weighted by molar-refractivity contribution is 0.660. The molecule has 2 heterocycles. The first-order valence-electron chi connectivity index (χ1n) is 25.8. The van der Waals surface area contributed by atoms with E-state index in [0.29, 0.717) is 0 Å². The topological polar surface area (TPSA) is 6.48 Å². The van der Waals surface area contributed by atoms with Gasteiger partial charge < -0.3 is 9.71 Å². The van der Waals surface area contributed by atoms with Crippen LogP contribution in [0.5, 0.6) is 0 Å². The van der Waals surface area contributed by atoms with Gasteiger partial charge in [-0.3, -0.25) is 0 Å². The first-order valence-corrected chi connectivity index (χ1v) is 25.8. The van der Waals surface area contributed by atoms with Gasteiger partial charge in [0, 0.05) is 39.3 Å². The second-order valence-electron chi connectivity index (χ2n) is 20.6. The molecule has 3 heteroatoms. The van der Waals surface area contributed by atoms with Gasteiger partial charge in [-0.1, -0.05) is 174 Å². The molecule has 0 fully saturated rings. The van der Waals surface area contributed by atoms with Crippen LogP contribution in [0.15, 0.2) is 188 Å². The predicted octanol–water partition coefficient (Wildman–Crippen LogP) is 17.0. The molecule has 0 bridgehead atoms. The van der Waals surface area contributed by atoms with Crippen LogP contribution in [-0.2, 0) is 18.3 Å². The molecular formula is C67H61BN2. The third-order valence-corrected chi connectivity index (χ3v) is 15.9. The highest BCUT2D eigenvalue weighted by molar-refractivity contribution is 6.93. The maximum absolute atomic E-state index is 2.69. The number of aryl methyl sites for hydroxylation is 4. The van der Waals surface area contributed by atoms with Gasteiger partial charge >= 0.3 is 6.85 Å². The average molecular weight is 905 g/mol. The molecule has 9 aromatic rings. The fourth-order valence-electron chi connectivity index (χ4n) is 12.3. The number of fused-ring (bicyclic) bond motifs is 7. The highest BCUT2D eigenvalue weighted by atomic mass is 15.2. The molecule has 0 N–H and O–H groups in total. The van der Waals surface area contributed by atoms with Crippen LogP contribution >= 0.6 is 0 Å². The summed E-state index contributed by atoms with van der Waals surface area (Å²) >= 11 is 0. The monoisotopic (exact) mass is 904 g/mol. The summed E-state index contributed by atoms with van der Waals surface area (Å²) in [5.74, 6) is 0. The van der Waals surface area contributed by atoms with E-state index >= 15 is 0 Å². The summed E-state index contributed by atoms with van der Waals surface area (Å²) in [4.78, 5) is 5.38. The predicted molar refractivity (Wildman–Crippen MR) is 301 cm³/mol. The van der Waals surface area contributed by atoms with Crippen LogP contribution in [0.4, 0.5) is 28.4 Å². The normalized spacial score (nSPS) is 13.7. The van der Waals surface area contributed by atoms with Gasteiger partial charge in [0.15, 0.2) is 0 Å². The zero-order valence-corrected chi connectivity index (χ0v) is 41.6. The molecular weight excluding hydrogens is 844 g/mol. The third kappa shape index (κ3) is 7.16. The average Bonchev–Trinajstić information content (AvgIpc) is 3.62. The number of rotatable bonds is 11. The molecule has 0 unspecified atom stereocenters. The molecule has 12 rings (SSSR count). The first-order chi connectivity index (χ1) is 34.2. The van der Waals surface area contributed by atoms with Gasteiger partial charge in [0.1, 0.15) is 0 Å². The standard InChI is InChI=1S/C67H61BN2/c1-7-9-22-46-30-34-52(35-31-46)70-62-37-33-50(48-24-13-11-14-25-48)39-56(62)57-40-51(65-44(3)20-19-21-45(65)4)41-64-66(57)68(70)60-42-55-53-28-17-18-29-58(53)67(5,6)59(55)43-63(60)69(64)61-36-32-47(23-10-8-2)38-54(61)49-26-15-12-16-27-49/h11-21,24-43H,7-10,22-23H2,1-6H3.